The van der Waals surface area contributed by atoms with Crippen LogP contribution in [-0.2, 0) is 19.3 Å². The van der Waals surface area contributed by atoms with Crippen molar-refractivity contribution in [3.05, 3.63) is 99.3 Å². The van der Waals surface area contributed by atoms with Crippen molar-refractivity contribution in [3.63, 3.8) is 0 Å². The molecular formula is C37H43ClF3NS. The van der Waals surface area contributed by atoms with Gasteiger partial charge in [-0.3, -0.25) is 4.98 Å². The van der Waals surface area contributed by atoms with E-state index in [4.69, 9.17) is 16.6 Å². The maximum absolute atomic E-state index is 13.2. The van der Waals surface area contributed by atoms with Crippen LogP contribution >= 0.6 is 22.9 Å². The van der Waals surface area contributed by atoms with Crippen molar-refractivity contribution < 1.29 is 13.2 Å². The standard InChI is InChI=1S/C37H43ClF3NS/c1-34(2,16-17-35(3,4)25-37(39,40)41)21-29-14-13-28(27-10-8-7-9-11-27)18-30(29)22-36(5,6)20-26-12-15-32(42-23-26)31-19-33(38)43-24-31/h7-15,18-19,23-24H,16-17,20-22,25H2,1-6H3. The van der Waals surface area contributed by atoms with E-state index in [1.165, 1.54) is 39.2 Å². The number of nitrogens with zero attached hydrogens (tertiary/aromatic N) is 1. The summed E-state index contributed by atoms with van der Waals surface area (Å²) in [5.74, 6) is 0. The molecule has 4 aromatic rings. The lowest BCUT2D eigenvalue weighted by molar-refractivity contribution is -0.155. The predicted molar refractivity (Wildman–Crippen MR) is 177 cm³/mol. The van der Waals surface area contributed by atoms with Crippen LogP contribution in [0.25, 0.3) is 22.4 Å². The fourth-order valence-corrected chi connectivity index (χ4v) is 6.83. The van der Waals surface area contributed by atoms with Gasteiger partial charge < -0.3 is 0 Å². The minimum absolute atomic E-state index is 0.0439. The number of alkyl halides is 3. The van der Waals surface area contributed by atoms with E-state index < -0.39 is 18.0 Å². The molecule has 0 saturated carbocycles. The van der Waals surface area contributed by atoms with Crippen LogP contribution in [0.2, 0.25) is 4.34 Å². The van der Waals surface area contributed by atoms with Crippen molar-refractivity contribution in [1.29, 1.82) is 0 Å². The zero-order valence-corrected chi connectivity index (χ0v) is 27.7. The number of thiophene rings is 1. The highest BCUT2D eigenvalue weighted by molar-refractivity contribution is 7.14. The lowest BCUT2D eigenvalue weighted by atomic mass is 9.73. The number of pyridine rings is 1. The largest absolute Gasteiger partial charge is 0.389 e. The molecule has 2 aromatic heterocycles. The highest BCUT2D eigenvalue weighted by Gasteiger charge is 2.37. The van der Waals surface area contributed by atoms with Gasteiger partial charge in [-0.25, -0.2) is 0 Å². The Morgan fingerprint density at radius 1 is 0.674 bits per heavy atom. The van der Waals surface area contributed by atoms with Crippen LogP contribution in [0, 0.1) is 16.2 Å². The van der Waals surface area contributed by atoms with Gasteiger partial charge in [-0.15, -0.1) is 11.3 Å². The predicted octanol–water partition coefficient (Wildman–Crippen LogP) is 12.3. The Morgan fingerprint density at radius 2 is 1.35 bits per heavy atom. The second-order valence-corrected chi connectivity index (χ2v) is 15.9. The third kappa shape index (κ3) is 10.2. The molecule has 0 atom stereocenters. The summed E-state index contributed by atoms with van der Waals surface area (Å²) in [7, 11) is 0. The number of hydrogen-bond donors (Lipinski definition) is 0. The number of benzene rings is 2. The van der Waals surface area contributed by atoms with Gasteiger partial charge in [-0.2, -0.15) is 13.2 Å². The number of halogens is 4. The van der Waals surface area contributed by atoms with E-state index in [0.717, 1.165) is 41.3 Å². The quantitative estimate of drug-likeness (QED) is 0.153. The molecule has 4 rings (SSSR count). The zero-order chi connectivity index (χ0) is 31.5. The van der Waals surface area contributed by atoms with E-state index in [0.29, 0.717) is 6.42 Å². The summed E-state index contributed by atoms with van der Waals surface area (Å²) in [4.78, 5) is 4.71. The zero-order valence-electron chi connectivity index (χ0n) is 26.1. The minimum Gasteiger partial charge on any atom is -0.256 e. The number of hydrogen-bond acceptors (Lipinski definition) is 2. The second-order valence-electron chi connectivity index (χ2n) is 14.4. The Morgan fingerprint density at radius 3 is 1.95 bits per heavy atom. The van der Waals surface area contributed by atoms with E-state index in [9.17, 15) is 13.2 Å². The van der Waals surface area contributed by atoms with Gasteiger partial charge in [0.05, 0.1) is 10.0 Å². The first-order valence-corrected chi connectivity index (χ1v) is 16.2. The average Bonchev–Trinajstić information content (AvgIpc) is 3.34. The molecule has 1 nitrogen and oxygen atoms in total. The Labute approximate surface area is 264 Å². The van der Waals surface area contributed by atoms with Crippen LogP contribution in [0.4, 0.5) is 13.2 Å². The van der Waals surface area contributed by atoms with Crippen molar-refractivity contribution in [2.45, 2.75) is 86.2 Å². The Balaban J connectivity index is 1.55. The fraction of sp³-hybridized carbons (Fsp3) is 0.432. The van der Waals surface area contributed by atoms with E-state index in [2.05, 4.69) is 82.3 Å². The lowest BCUT2D eigenvalue weighted by Gasteiger charge is -2.33. The average molecular weight is 626 g/mol. The van der Waals surface area contributed by atoms with Crippen molar-refractivity contribution >= 4 is 22.9 Å². The van der Waals surface area contributed by atoms with Crippen molar-refractivity contribution in [1.82, 2.24) is 4.98 Å². The maximum Gasteiger partial charge on any atom is 0.389 e. The minimum atomic E-state index is -4.15. The monoisotopic (exact) mass is 625 g/mol. The smallest absolute Gasteiger partial charge is 0.256 e. The molecule has 2 heterocycles. The molecule has 0 bridgehead atoms. The molecule has 0 spiro atoms. The fourth-order valence-electron chi connectivity index (χ4n) is 5.96. The van der Waals surface area contributed by atoms with Gasteiger partial charge in [0.1, 0.15) is 0 Å². The summed E-state index contributed by atoms with van der Waals surface area (Å²) in [6.45, 7) is 12.4. The SMILES string of the molecule is CC(C)(CCC(C)(C)CC(F)(F)F)Cc1ccc(-c2ccccc2)cc1CC(C)(C)Cc1ccc(-c2csc(Cl)c2)nc1. The first-order chi connectivity index (χ1) is 20.0. The Kier molecular flexibility index (Phi) is 10.2. The second kappa shape index (κ2) is 13.2. The summed E-state index contributed by atoms with van der Waals surface area (Å²) in [5, 5.41) is 2.02. The molecule has 0 radical (unpaired) electrons. The van der Waals surface area contributed by atoms with E-state index in [-0.39, 0.29) is 10.8 Å². The molecule has 0 aliphatic rings. The molecule has 0 saturated heterocycles. The molecule has 0 unspecified atom stereocenters. The van der Waals surface area contributed by atoms with Crippen molar-refractivity contribution in [3.8, 4) is 22.4 Å². The van der Waals surface area contributed by atoms with Crippen LogP contribution in [-0.4, -0.2) is 11.2 Å². The highest BCUT2D eigenvalue weighted by Crippen LogP contribution is 2.41. The molecular weight excluding hydrogens is 583 g/mol. The van der Waals surface area contributed by atoms with Gasteiger partial charge in [0.2, 0.25) is 0 Å². The van der Waals surface area contributed by atoms with Gasteiger partial charge in [0.15, 0.2) is 0 Å². The maximum atomic E-state index is 13.2. The Hall–Kier alpha value is -2.63. The molecule has 2 aromatic carbocycles. The topological polar surface area (TPSA) is 12.9 Å². The summed E-state index contributed by atoms with van der Waals surface area (Å²) in [6.07, 6.45) is 0.890. The summed E-state index contributed by atoms with van der Waals surface area (Å²) in [6, 6.07) is 23.3. The van der Waals surface area contributed by atoms with E-state index in [1.54, 1.807) is 13.8 Å². The molecule has 0 N–H and O–H groups in total. The number of rotatable bonds is 12. The van der Waals surface area contributed by atoms with Gasteiger partial charge in [0, 0.05) is 23.6 Å². The normalized spacial score (nSPS) is 13.0. The summed E-state index contributed by atoms with van der Waals surface area (Å²) in [5.41, 5.74) is 7.10. The highest BCUT2D eigenvalue weighted by atomic mass is 35.5. The van der Waals surface area contributed by atoms with Crippen LogP contribution in [0.1, 0.15) is 77.5 Å². The van der Waals surface area contributed by atoms with Gasteiger partial charge in [0.25, 0.3) is 0 Å². The van der Waals surface area contributed by atoms with Gasteiger partial charge in [-0.1, -0.05) is 108 Å². The lowest BCUT2D eigenvalue weighted by Crippen LogP contribution is -2.26. The molecule has 6 heteroatoms. The summed E-state index contributed by atoms with van der Waals surface area (Å²) >= 11 is 7.62. The van der Waals surface area contributed by atoms with Crippen LogP contribution in [0.5, 0.6) is 0 Å². The van der Waals surface area contributed by atoms with Crippen LogP contribution < -0.4 is 0 Å². The Bertz CT molecular complexity index is 1480. The molecule has 0 aliphatic heterocycles. The van der Waals surface area contributed by atoms with Crippen LogP contribution in [0.3, 0.4) is 0 Å². The van der Waals surface area contributed by atoms with Gasteiger partial charge >= 0.3 is 6.18 Å². The van der Waals surface area contributed by atoms with E-state index >= 15 is 0 Å². The molecule has 0 aliphatic carbocycles. The molecule has 43 heavy (non-hydrogen) atoms. The third-order valence-electron chi connectivity index (χ3n) is 8.18. The molecule has 0 fully saturated rings. The number of aromatic nitrogens is 1. The van der Waals surface area contributed by atoms with E-state index in [1.807, 2.05) is 23.7 Å². The first kappa shape index (κ1) is 33.3. The first-order valence-electron chi connectivity index (χ1n) is 14.9. The van der Waals surface area contributed by atoms with Crippen molar-refractivity contribution in [2.75, 3.05) is 0 Å². The molecule has 0 amide bonds. The summed E-state index contributed by atoms with van der Waals surface area (Å²) < 4.78 is 40.2. The van der Waals surface area contributed by atoms with Crippen LogP contribution in [0.15, 0.2) is 78.3 Å². The molecule has 230 valence electrons. The van der Waals surface area contributed by atoms with Crippen molar-refractivity contribution in [2.24, 2.45) is 16.2 Å². The third-order valence-corrected chi connectivity index (χ3v) is 9.27. The van der Waals surface area contributed by atoms with Gasteiger partial charge in [-0.05, 0) is 88.3 Å².